The first-order chi connectivity index (χ1) is 10.9. The van der Waals surface area contributed by atoms with Crippen molar-refractivity contribution in [1.29, 1.82) is 0 Å². The number of amides is 1. The fourth-order valence-electron chi connectivity index (χ4n) is 3.26. The summed E-state index contributed by atoms with van der Waals surface area (Å²) in [7, 11) is 1.85. The predicted molar refractivity (Wildman–Crippen MR) is 97.0 cm³/mol. The third-order valence-corrected chi connectivity index (χ3v) is 5.63. The lowest BCUT2D eigenvalue weighted by Crippen LogP contribution is -2.35. The molecule has 2 atom stereocenters. The summed E-state index contributed by atoms with van der Waals surface area (Å²) in [4.78, 5) is 14.4. The van der Waals surface area contributed by atoms with Gasteiger partial charge >= 0.3 is 0 Å². The number of hydrogen-bond donors (Lipinski definition) is 1. The fraction of sp³-hybridized carbons (Fsp3) is 0.611. The summed E-state index contributed by atoms with van der Waals surface area (Å²) in [5.74, 6) is 1.23. The summed E-state index contributed by atoms with van der Waals surface area (Å²) in [6, 6.07) is 5.38. The Kier molecular flexibility index (Phi) is 6.75. The molecule has 128 valence electrons. The van der Waals surface area contributed by atoms with Crippen LogP contribution in [0.4, 0.5) is 0 Å². The second kappa shape index (κ2) is 8.36. The topological polar surface area (TPSA) is 32.3 Å². The standard InChI is InChI=1S/C18H26Cl2N2O/c1-12(14-6-8-21-9-7-14)10-18(23)22(3)13(2)16-5-4-15(19)11-17(16)20/h4-5,11-14,21H,6-10H2,1-3H3. The summed E-state index contributed by atoms with van der Waals surface area (Å²) in [6.45, 7) is 6.33. The van der Waals surface area contributed by atoms with E-state index in [4.69, 9.17) is 23.2 Å². The molecule has 1 aromatic rings. The smallest absolute Gasteiger partial charge is 0.223 e. The fourth-order valence-corrected chi connectivity index (χ4v) is 3.83. The van der Waals surface area contributed by atoms with Crippen molar-refractivity contribution < 1.29 is 4.79 Å². The van der Waals surface area contributed by atoms with Gasteiger partial charge in [-0.15, -0.1) is 0 Å². The van der Waals surface area contributed by atoms with Crippen molar-refractivity contribution >= 4 is 29.1 Å². The molecule has 0 bridgehead atoms. The van der Waals surface area contributed by atoms with E-state index in [1.54, 1.807) is 11.0 Å². The highest BCUT2D eigenvalue weighted by atomic mass is 35.5. The molecule has 2 rings (SSSR count). The Labute approximate surface area is 149 Å². The van der Waals surface area contributed by atoms with Gasteiger partial charge in [-0.2, -0.15) is 0 Å². The Morgan fingerprint density at radius 1 is 1.30 bits per heavy atom. The van der Waals surface area contributed by atoms with E-state index in [0.29, 0.717) is 28.3 Å². The molecular formula is C18H26Cl2N2O. The Morgan fingerprint density at radius 2 is 1.96 bits per heavy atom. The number of nitrogens with zero attached hydrogens (tertiary/aromatic N) is 1. The van der Waals surface area contributed by atoms with Crippen molar-refractivity contribution in [3.05, 3.63) is 33.8 Å². The van der Waals surface area contributed by atoms with Crippen LogP contribution >= 0.6 is 23.2 Å². The minimum Gasteiger partial charge on any atom is -0.339 e. The zero-order chi connectivity index (χ0) is 17.0. The molecule has 5 heteroatoms. The van der Waals surface area contributed by atoms with Gasteiger partial charge in [0, 0.05) is 23.5 Å². The Balaban J connectivity index is 1.97. The first kappa shape index (κ1) is 18.6. The maximum absolute atomic E-state index is 12.6. The SMILES string of the molecule is CC(CC(=O)N(C)C(C)c1ccc(Cl)cc1Cl)C1CCNCC1. The van der Waals surface area contributed by atoms with E-state index < -0.39 is 0 Å². The molecule has 1 saturated heterocycles. The van der Waals surface area contributed by atoms with Gasteiger partial charge in [0.1, 0.15) is 0 Å². The zero-order valence-electron chi connectivity index (χ0n) is 14.1. The second-order valence-electron chi connectivity index (χ2n) is 6.62. The molecule has 1 aliphatic heterocycles. The molecule has 1 aromatic carbocycles. The summed E-state index contributed by atoms with van der Waals surface area (Å²) in [5, 5.41) is 4.59. The van der Waals surface area contributed by atoms with E-state index in [0.717, 1.165) is 31.5 Å². The highest BCUT2D eigenvalue weighted by molar-refractivity contribution is 6.35. The molecule has 1 fully saturated rings. The van der Waals surface area contributed by atoms with Crippen LogP contribution in [0.5, 0.6) is 0 Å². The van der Waals surface area contributed by atoms with Gasteiger partial charge in [-0.25, -0.2) is 0 Å². The molecule has 0 aromatic heterocycles. The summed E-state index contributed by atoms with van der Waals surface area (Å²) >= 11 is 12.2. The van der Waals surface area contributed by atoms with Crippen LogP contribution in [0, 0.1) is 11.8 Å². The van der Waals surface area contributed by atoms with Gasteiger partial charge in [0.15, 0.2) is 0 Å². The van der Waals surface area contributed by atoms with Crippen molar-refractivity contribution in [3.63, 3.8) is 0 Å². The predicted octanol–water partition coefficient (Wildman–Crippen LogP) is 4.54. The third-order valence-electron chi connectivity index (χ3n) is 5.07. The number of halogens is 2. The number of hydrogen-bond acceptors (Lipinski definition) is 2. The Morgan fingerprint density at radius 3 is 2.57 bits per heavy atom. The zero-order valence-corrected chi connectivity index (χ0v) is 15.6. The quantitative estimate of drug-likeness (QED) is 0.839. The number of rotatable bonds is 5. The third kappa shape index (κ3) is 4.85. The molecule has 1 aliphatic rings. The molecular weight excluding hydrogens is 331 g/mol. The van der Waals surface area contributed by atoms with Crippen molar-refractivity contribution in [1.82, 2.24) is 10.2 Å². The van der Waals surface area contributed by atoms with Gasteiger partial charge < -0.3 is 10.2 Å². The van der Waals surface area contributed by atoms with Gasteiger partial charge in [-0.05, 0) is 62.4 Å². The normalized spacial score (nSPS) is 18.5. The first-order valence-electron chi connectivity index (χ1n) is 8.31. The summed E-state index contributed by atoms with van der Waals surface area (Å²) in [6.07, 6.45) is 2.92. The van der Waals surface area contributed by atoms with Gasteiger partial charge in [-0.3, -0.25) is 4.79 Å². The van der Waals surface area contributed by atoms with Crippen molar-refractivity contribution in [3.8, 4) is 0 Å². The number of nitrogens with one attached hydrogen (secondary N) is 1. The number of carbonyl (C=O) groups is 1. The van der Waals surface area contributed by atoms with Crippen LogP contribution in [0.15, 0.2) is 18.2 Å². The van der Waals surface area contributed by atoms with E-state index in [-0.39, 0.29) is 11.9 Å². The van der Waals surface area contributed by atoms with Crippen LogP contribution in [0.1, 0.15) is 44.7 Å². The lowest BCUT2D eigenvalue weighted by atomic mass is 9.84. The second-order valence-corrected chi connectivity index (χ2v) is 7.46. The summed E-state index contributed by atoms with van der Waals surface area (Å²) < 4.78 is 0. The molecule has 0 radical (unpaired) electrons. The average molecular weight is 357 g/mol. The minimum atomic E-state index is -0.0625. The largest absolute Gasteiger partial charge is 0.339 e. The molecule has 23 heavy (non-hydrogen) atoms. The Hall–Kier alpha value is -0.770. The number of piperidine rings is 1. The maximum atomic E-state index is 12.6. The van der Waals surface area contributed by atoms with Crippen LogP contribution < -0.4 is 5.32 Å². The van der Waals surface area contributed by atoms with Gasteiger partial charge in [0.25, 0.3) is 0 Å². The van der Waals surface area contributed by atoms with E-state index in [1.165, 1.54) is 0 Å². The maximum Gasteiger partial charge on any atom is 0.223 e. The first-order valence-corrected chi connectivity index (χ1v) is 9.07. The van der Waals surface area contributed by atoms with E-state index in [2.05, 4.69) is 12.2 Å². The number of benzene rings is 1. The van der Waals surface area contributed by atoms with Crippen LogP contribution in [-0.4, -0.2) is 30.9 Å². The van der Waals surface area contributed by atoms with Gasteiger partial charge in [-0.1, -0.05) is 36.2 Å². The van der Waals surface area contributed by atoms with Crippen molar-refractivity contribution in [2.75, 3.05) is 20.1 Å². The van der Waals surface area contributed by atoms with E-state index in [9.17, 15) is 4.79 Å². The van der Waals surface area contributed by atoms with Crippen molar-refractivity contribution in [2.45, 2.75) is 39.2 Å². The van der Waals surface area contributed by atoms with Gasteiger partial charge in [0.2, 0.25) is 5.91 Å². The molecule has 0 spiro atoms. The minimum absolute atomic E-state index is 0.0625. The summed E-state index contributed by atoms with van der Waals surface area (Å²) in [5.41, 5.74) is 0.932. The van der Waals surface area contributed by atoms with Crippen LogP contribution in [-0.2, 0) is 4.79 Å². The lowest BCUT2D eigenvalue weighted by molar-refractivity contribution is -0.133. The average Bonchev–Trinajstić information content (AvgIpc) is 2.54. The van der Waals surface area contributed by atoms with Crippen LogP contribution in [0.2, 0.25) is 10.0 Å². The molecule has 0 aliphatic carbocycles. The molecule has 0 saturated carbocycles. The van der Waals surface area contributed by atoms with Crippen LogP contribution in [0.3, 0.4) is 0 Å². The van der Waals surface area contributed by atoms with Crippen molar-refractivity contribution in [2.24, 2.45) is 11.8 Å². The molecule has 2 unspecified atom stereocenters. The lowest BCUT2D eigenvalue weighted by Gasteiger charge is -2.31. The molecule has 1 amide bonds. The van der Waals surface area contributed by atoms with E-state index in [1.807, 2.05) is 26.1 Å². The van der Waals surface area contributed by atoms with E-state index >= 15 is 0 Å². The van der Waals surface area contributed by atoms with Crippen LogP contribution in [0.25, 0.3) is 0 Å². The number of carbonyl (C=O) groups excluding carboxylic acids is 1. The highest BCUT2D eigenvalue weighted by Crippen LogP contribution is 2.31. The Bertz CT molecular complexity index is 544. The molecule has 1 N–H and O–H groups in total. The van der Waals surface area contributed by atoms with Gasteiger partial charge in [0.05, 0.1) is 6.04 Å². The monoisotopic (exact) mass is 356 g/mol. The highest BCUT2D eigenvalue weighted by Gasteiger charge is 2.25. The molecule has 3 nitrogen and oxygen atoms in total. The molecule has 1 heterocycles.